The third-order valence-electron chi connectivity index (χ3n) is 0. The topological polar surface area (TPSA) is 74.6 Å². The van der Waals surface area contributed by atoms with Gasteiger partial charge in [-0.1, -0.05) is 0 Å². The Labute approximate surface area is 37.4 Å². The molecule has 0 aliphatic heterocycles. The molecule has 0 aromatic carbocycles. The average molecular weight is 129 g/mol. The highest BCUT2D eigenvalue weighted by Crippen LogP contribution is 1.98. The Bertz CT molecular complexity index is 36.8. The van der Waals surface area contributed by atoms with E-state index in [0.29, 0.717) is 0 Å². The minimum atomic E-state index is -2.87. The van der Waals surface area contributed by atoms with Crippen LogP contribution in [0.4, 0.5) is 0 Å². The Hall–Kier alpha value is 0.120. The normalized spacial score (nSPS) is 5.00. The molecule has 6 heavy (non-hydrogen) atoms. The SMILES string of the molecule is O=P.O=[P+](O)O. The molecule has 0 aliphatic rings. The summed E-state index contributed by atoms with van der Waals surface area (Å²) in [7, 11) is -1.15. The highest BCUT2D eigenvalue weighted by atomic mass is 31.1. The predicted molar refractivity (Wildman–Crippen MR) is 21.0 cm³/mol. The van der Waals surface area contributed by atoms with Crippen LogP contribution in [0, 0.1) is 0 Å². The first-order chi connectivity index (χ1) is 2.73. The van der Waals surface area contributed by atoms with E-state index in [1.54, 1.807) is 9.12 Å². The summed E-state index contributed by atoms with van der Waals surface area (Å²) >= 11 is 0. The van der Waals surface area contributed by atoms with Crippen molar-refractivity contribution in [2.75, 3.05) is 0 Å². The Kier molecular flexibility index (Phi) is 14.1. The fourth-order valence-corrected chi connectivity index (χ4v) is 0. The predicted octanol–water partition coefficient (Wildman–Crippen LogP) is 0.103. The van der Waals surface area contributed by atoms with E-state index in [-0.39, 0.29) is 0 Å². The summed E-state index contributed by atoms with van der Waals surface area (Å²) in [6.07, 6.45) is 0. The fraction of sp³-hybridized carbons (Fsp3) is 0. The minimum absolute atomic E-state index is 1.72. The molecule has 0 fully saturated rings. The largest absolute Gasteiger partial charge is 0.692 e. The van der Waals surface area contributed by atoms with Crippen LogP contribution in [0.3, 0.4) is 0 Å². The second-order valence-electron chi connectivity index (χ2n) is 0.253. The minimum Gasteiger partial charge on any atom is -0.279 e. The third kappa shape index (κ3) is 2790. The van der Waals surface area contributed by atoms with Crippen LogP contribution in [0.15, 0.2) is 0 Å². The van der Waals surface area contributed by atoms with E-state index in [0.717, 1.165) is 0 Å². The van der Waals surface area contributed by atoms with Gasteiger partial charge in [-0.05, 0) is 0 Å². The van der Waals surface area contributed by atoms with Crippen LogP contribution in [-0.4, -0.2) is 9.79 Å². The summed E-state index contributed by atoms with van der Waals surface area (Å²) in [5.41, 5.74) is 0. The van der Waals surface area contributed by atoms with E-state index in [9.17, 15) is 0 Å². The molecule has 0 aromatic heterocycles. The van der Waals surface area contributed by atoms with Gasteiger partial charge in [0.15, 0.2) is 0 Å². The van der Waals surface area contributed by atoms with Gasteiger partial charge in [-0.15, -0.1) is 9.79 Å². The lowest BCUT2D eigenvalue weighted by Gasteiger charge is -1.34. The van der Waals surface area contributed by atoms with Gasteiger partial charge in [0.1, 0.15) is 9.12 Å². The van der Waals surface area contributed by atoms with Crippen molar-refractivity contribution in [3.63, 3.8) is 0 Å². The van der Waals surface area contributed by atoms with Gasteiger partial charge in [-0.2, -0.15) is 0 Å². The van der Waals surface area contributed by atoms with E-state index in [2.05, 4.69) is 0 Å². The van der Waals surface area contributed by atoms with Gasteiger partial charge in [-0.3, -0.25) is 4.57 Å². The molecular formula is H3O4P2+. The number of rotatable bonds is 0. The lowest BCUT2D eigenvalue weighted by Crippen LogP contribution is -1.38. The molecule has 0 spiro atoms. The second kappa shape index (κ2) is 8.93. The quantitative estimate of drug-likeness (QED) is 0.455. The van der Waals surface area contributed by atoms with Crippen molar-refractivity contribution in [3.8, 4) is 0 Å². The first-order valence-corrected chi connectivity index (χ1v) is 2.36. The van der Waals surface area contributed by atoms with Crippen molar-refractivity contribution in [2.24, 2.45) is 0 Å². The van der Waals surface area contributed by atoms with Gasteiger partial charge < -0.3 is 0 Å². The van der Waals surface area contributed by atoms with Crippen LogP contribution in [0.5, 0.6) is 0 Å². The maximum atomic E-state index is 8.70. The summed E-state index contributed by atoms with van der Waals surface area (Å²) in [6, 6.07) is 0. The smallest absolute Gasteiger partial charge is 0.279 e. The zero-order chi connectivity index (χ0) is 5.58. The molecule has 2 N–H and O–H groups in total. The van der Waals surface area contributed by atoms with Crippen LogP contribution in [0.25, 0.3) is 0 Å². The van der Waals surface area contributed by atoms with Crippen molar-refractivity contribution in [3.05, 3.63) is 0 Å². The molecule has 0 atom stereocenters. The molecule has 36 valence electrons. The van der Waals surface area contributed by atoms with Crippen LogP contribution in [0.1, 0.15) is 0 Å². The van der Waals surface area contributed by atoms with E-state index in [4.69, 9.17) is 18.9 Å². The fourth-order valence-electron chi connectivity index (χ4n) is 0. The molecule has 0 aliphatic carbocycles. The van der Waals surface area contributed by atoms with Gasteiger partial charge in [0.05, 0.1) is 0 Å². The van der Waals surface area contributed by atoms with Crippen molar-refractivity contribution in [1.82, 2.24) is 0 Å². The highest BCUT2D eigenvalue weighted by Gasteiger charge is 1.93. The molecule has 0 radical (unpaired) electrons. The molecule has 0 aromatic rings. The van der Waals surface area contributed by atoms with Crippen LogP contribution in [0.2, 0.25) is 0 Å². The average Bonchev–Trinajstić information content (AvgIpc) is 1.41. The molecule has 0 saturated carbocycles. The van der Waals surface area contributed by atoms with Crippen molar-refractivity contribution in [1.29, 1.82) is 0 Å². The number of hydrogen-bond acceptors (Lipinski definition) is 2. The molecule has 0 amide bonds. The molecular weight excluding hydrogens is 126 g/mol. The zero-order valence-corrected chi connectivity index (χ0v) is 4.55. The van der Waals surface area contributed by atoms with E-state index >= 15 is 0 Å². The summed E-state index contributed by atoms with van der Waals surface area (Å²) in [5, 5.41) is 0. The van der Waals surface area contributed by atoms with Gasteiger partial charge in [0.25, 0.3) is 0 Å². The lowest BCUT2D eigenvalue weighted by molar-refractivity contribution is 0.405. The Morgan fingerprint density at radius 2 is 1.33 bits per heavy atom. The Morgan fingerprint density at radius 1 is 1.33 bits per heavy atom. The summed E-state index contributed by atoms with van der Waals surface area (Å²) in [5.74, 6) is 0. The zero-order valence-electron chi connectivity index (χ0n) is 2.66. The van der Waals surface area contributed by atoms with Gasteiger partial charge in [-0.25, -0.2) is 0 Å². The first-order valence-electron chi connectivity index (χ1n) is 0.787. The van der Waals surface area contributed by atoms with Gasteiger partial charge >= 0.3 is 8.25 Å². The summed E-state index contributed by atoms with van der Waals surface area (Å²) in [4.78, 5) is 14.2. The highest BCUT2D eigenvalue weighted by molar-refractivity contribution is 7.30. The van der Waals surface area contributed by atoms with Crippen molar-refractivity contribution >= 4 is 17.4 Å². The van der Waals surface area contributed by atoms with E-state index < -0.39 is 8.25 Å². The maximum absolute atomic E-state index is 8.70. The third-order valence-corrected chi connectivity index (χ3v) is 0. The van der Waals surface area contributed by atoms with Crippen molar-refractivity contribution < 1.29 is 18.9 Å². The standard InChI is InChI=1S/HO3P.HOP/c1-4(2)3;1-2/h(H-,1,2,3);2H/p+1. The van der Waals surface area contributed by atoms with Crippen LogP contribution < -0.4 is 0 Å². The summed E-state index contributed by atoms with van der Waals surface area (Å²) < 4.78 is 16.8. The van der Waals surface area contributed by atoms with Gasteiger partial charge in [0, 0.05) is 4.57 Å². The first kappa shape index (κ1) is 9.45. The molecule has 0 heterocycles. The summed E-state index contributed by atoms with van der Waals surface area (Å²) in [6.45, 7) is 0. The Morgan fingerprint density at radius 3 is 1.33 bits per heavy atom. The molecule has 0 rings (SSSR count). The molecule has 6 heteroatoms. The second-order valence-corrected chi connectivity index (χ2v) is 0.758. The molecule has 0 saturated heterocycles. The van der Waals surface area contributed by atoms with Crippen LogP contribution in [-0.2, 0) is 9.13 Å². The molecule has 0 unspecified atom stereocenters. The van der Waals surface area contributed by atoms with Gasteiger partial charge in [0.2, 0.25) is 0 Å². The van der Waals surface area contributed by atoms with Crippen molar-refractivity contribution in [2.45, 2.75) is 0 Å². The maximum Gasteiger partial charge on any atom is 0.692 e. The Balaban J connectivity index is 0. The molecule has 4 nitrogen and oxygen atoms in total. The molecule has 0 bridgehead atoms. The lowest BCUT2D eigenvalue weighted by atomic mass is 15.8. The monoisotopic (exact) mass is 129 g/mol. The van der Waals surface area contributed by atoms with E-state index in [1.165, 1.54) is 0 Å². The van der Waals surface area contributed by atoms with E-state index in [1.807, 2.05) is 0 Å². The number of hydrogen-bond donors (Lipinski definition) is 2. The van der Waals surface area contributed by atoms with Crippen LogP contribution >= 0.6 is 17.4 Å².